The number of piperidine rings is 1. The lowest BCUT2D eigenvalue weighted by Gasteiger charge is -2.33. The topological polar surface area (TPSA) is 114 Å². The fraction of sp³-hybridized carbons (Fsp3) is 0.613. The van der Waals surface area contributed by atoms with Gasteiger partial charge in [-0.25, -0.2) is 4.98 Å². The van der Waals surface area contributed by atoms with Gasteiger partial charge in [-0.15, -0.1) is 24.8 Å². The average molecular weight is 616 g/mol. The molecule has 2 unspecified atom stereocenters. The van der Waals surface area contributed by atoms with Crippen LogP contribution in [0.5, 0.6) is 0 Å². The summed E-state index contributed by atoms with van der Waals surface area (Å²) < 4.78 is 2.28. The van der Waals surface area contributed by atoms with Crippen LogP contribution in [0.15, 0.2) is 36.7 Å². The Morgan fingerprint density at radius 2 is 1.55 bits per heavy atom. The van der Waals surface area contributed by atoms with Crippen LogP contribution in [0.25, 0.3) is 11.2 Å². The van der Waals surface area contributed by atoms with E-state index in [4.69, 9.17) is 20.7 Å². The molecule has 42 heavy (non-hydrogen) atoms. The number of carbonyl (C=O) groups excluding carboxylic acids is 1. The number of nitrogens with two attached hydrogens (primary N) is 1. The van der Waals surface area contributed by atoms with Crippen molar-refractivity contribution < 1.29 is 4.79 Å². The fourth-order valence-electron chi connectivity index (χ4n) is 7.19. The molecule has 1 aliphatic heterocycles. The lowest BCUT2D eigenvalue weighted by atomic mass is 9.92. The molecule has 228 valence electrons. The van der Waals surface area contributed by atoms with Gasteiger partial charge in [0, 0.05) is 43.2 Å². The minimum Gasteiger partial charge on any atom is -0.365 e. The predicted octanol–water partition coefficient (Wildman–Crippen LogP) is 5.67. The van der Waals surface area contributed by atoms with Crippen LogP contribution in [0.4, 0.5) is 11.8 Å². The van der Waals surface area contributed by atoms with Crippen LogP contribution in [0.2, 0.25) is 0 Å². The highest BCUT2D eigenvalue weighted by Gasteiger charge is 2.46. The number of anilines is 2. The van der Waals surface area contributed by atoms with E-state index in [1.54, 1.807) is 0 Å². The second-order valence-electron chi connectivity index (χ2n) is 12.5. The number of hydrogen-bond acceptors (Lipinski definition) is 7. The van der Waals surface area contributed by atoms with Crippen LogP contribution in [0.3, 0.4) is 0 Å². The molecule has 4 fully saturated rings. The van der Waals surface area contributed by atoms with Crippen molar-refractivity contribution in [3.63, 3.8) is 0 Å². The number of amides is 1. The van der Waals surface area contributed by atoms with Gasteiger partial charge in [-0.05, 0) is 69.3 Å². The first kappa shape index (κ1) is 30.8. The Hall–Kier alpha value is -2.62. The van der Waals surface area contributed by atoms with Gasteiger partial charge < -0.3 is 25.8 Å². The number of benzene rings is 1. The van der Waals surface area contributed by atoms with Crippen molar-refractivity contribution in [2.75, 3.05) is 23.7 Å². The van der Waals surface area contributed by atoms with Crippen molar-refractivity contribution in [1.29, 1.82) is 0 Å². The summed E-state index contributed by atoms with van der Waals surface area (Å²) >= 11 is 0. The molecule has 0 spiro atoms. The Bertz CT molecular complexity index is 1330. The van der Waals surface area contributed by atoms with E-state index in [0.29, 0.717) is 35.9 Å². The molecule has 11 heteroatoms. The Morgan fingerprint density at radius 3 is 2.26 bits per heavy atom. The van der Waals surface area contributed by atoms with E-state index in [1.807, 2.05) is 12.4 Å². The standard InChI is InChI=1S/C31H42N8O.2ClH/c32-21-10-12-22(13-11-21)35-31-36-28(27-29(37-31)39(19-33-27)24-8-4-5-9-24)34-23-14-16-38(17-15-23)30(40)26-18-25(26)20-6-2-1-3-7-20;;/h1-3,6-7,19,21-26H,4-5,8-18,32H2,(H2,34,35,36,37);2*1H. The van der Waals surface area contributed by atoms with E-state index in [1.165, 1.54) is 31.2 Å². The largest absolute Gasteiger partial charge is 0.365 e. The first-order valence-corrected chi connectivity index (χ1v) is 15.5. The molecule has 4 aliphatic rings. The maximum atomic E-state index is 13.2. The van der Waals surface area contributed by atoms with E-state index in [9.17, 15) is 4.79 Å². The Balaban J connectivity index is 0.00000176. The number of hydrogen-bond donors (Lipinski definition) is 3. The van der Waals surface area contributed by atoms with Gasteiger partial charge in [0.25, 0.3) is 0 Å². The molecule has 1 saturated heterocycles. The predicted molar refractivity (Wildman–Crippen MR) is 172 cm³/mol. The molecule has 3 aliphatic carbocycles. The Morgan fingerprint density at radius 1 is 0.857 bits per heavy atom. The highest BCUT2D eigenvalue weighted by molar-refractivity contribution is 5.86. The summed E-state index contributed by atoms with van der Waals surface area (Å²) in [5.74, 6) is 2.36. The second kappa shape index (κ2) is 13.3. The van der Waals surface area contributed by atoms with Crippen LogP contribution in [0.1, 0.15) is 88.2 Å². The highest BCUT2D eigenvalue weighted by Crippen LogP contribution is 2.48. The zero-order chi connectivity index (χ0) is 27.1. The fourth-order valence-corrected chi connectivity index (χ4v) is 7.19. The zero-order valence-corrected chi connectivity index (χ0v) is 25.8. The second-order valence-corrected chi connectivity index (χ2v) is 12.5. The third kappa shape index (κ3) is 6.48. The van der Waals surface area contributed by atoms with Crippen LogP contribution in [-0.2, 0) is 4.79 Å². The minimum atomic E-state index is 0. The number of nitrogens with zero attached hydrogens (tertiary/aromatic N) is 5. The molecule has 2 aromatic heterocycles. The van der Waals surface area contributed by atoms with Crippen LogP contribution in [0, 0.1) is 5.92 Å². The van der Waals surface area contributed by atoms with Crippen LogP contribution in [-0.4, -0.2) is 61.5 Å². The summed E-state index contributed by atoms with van der Waals surface area (Å²) in [5.41, 5.74) is 9.22. The third-order valence-electron chi connectivity index (χ3n) is 9.73. The molecule has 7 rings (SSSR count). The molecule has 3 aromatic rings. The molecule has 0 radical (unpaired) electrons. The third-order valence-corrected chi connectivity index (χ3v) is 9.73. The number of carbonyl (C=O) groups is 1. The van der Waals surface area contributed by atoms with Gasteiger partial charge in [0.1, 0.15) is 0 Å². The monoisotopic (exact) mass is 614 g/mol. The van der Waals surface area contributed by atoms with E-state index < -0.39 is 0 Å². The first-order chi connectivity index (χ1) is 19.6. The maximum absolute atomic E-state index is 13.2. The molecule has 4 N–H and O–H groups in total. The molecule has 9 nitrogen and oxygen atoms in total. The van der Waals surface area contributed by atoms with Crippen molar-refractivity contribution in [1.82, 2.24) is 24.4 Å². The summed E-state index contributed by atoms with van der Waals surface area (Å²) in [6, 6.07) is 11.9. The van der Waals surface area contributed by atoms with E-state index >= 15 is 0 Å². The first-order valence-electron chi connectivity index (χ1n) is 15.5. The number of aromatic nitrogens is 4. The number of nitrogens with one attached hydrogen (secondary N) is 2. The highest BCUT2D eigenvalue weighted by atomic mass is 35.5. The van der Waals surface area contributed by atoms with Crippen molar-refractivity contribution in [2.45, 2.75) is 101 Å². The average Bonchev–Trinajstić information content (AvgIpc) is 3.37. The van der Waals surface area contributed by atoms with E-state index in [0.717, 1.165) is 75.0 Å². The van der Waals surface area contributed by atoms with Crippen molar-refractivity contribution in [3.8, 4) is 0 Å². The molecular weight excluding hydrogens is 571 g/mol. The normalized spacial score (nSPS) is 26.4. The van der Waals surface area contributed by atoms with Crippen LogP contribution < -0.4 is 16.4 Å². The van der Waals surface area contributed by atoms with Crippen molar-refractivity contribution in [3.05, 3.63) is 42.2 Å². The van der Waals surface area contributed by atoms with Crippen molar-refractivity contribution >= 4 is 53.7 Å². The van der Waals surface area contributed by atoms with Crippen LogP contribution >= 0.6 is 24.8 Å². The van der Waals surface area contributed by atoms with Gasteiger partial charge >= 0.3 is 0 Å². The summed E-state index contributed by atoms with van der Waals surface area (Å²) in [7, 11) is 0. The number of fused-ring (bicyclic) bond motifs is 1. The molecule has 3 saturated carbocycles. The molecule has 0 bridgehead atoms. The molecule has 1 aromatic carbocycles. The van der Waals surface area contributed by atoms with Gasteiger partial charge in [0.15, 0.2) is 17.0 Å². The van der Waals surface area contributed by atoms with Gasteiger partial charge in [0.05, 0.1) is 6.33 Å². The SMILES string of the molecule is Cl.Cl.NC1CCC(Nc2nc(NC3CCN(C(=O)C4CC4c4ccccc4)CC3)c3ncn(C4CCCC4)c3n2)CC1. The Kier molecular flexibility index (Phi) is 9.80. The van der Waals surface area contributed by atoms with Gasteiger partial charge in [-0.2, -0.15) is 9.97 Å². The van der Waals surface area contributed by atoms with Gasteiger partial charge in [-0.3, -0.25) is 4.79 Å². The maximum Gasteiger partial charge on any atom is 0.227 e. The summed E-state index contributed by atoms with van der Waals surface area (Å²) in [6.07, 6.45) is 13.8. The lowest BCUT2D eigenvalue weighted by molar-refractivity contribution is -0.133. The number of halogens is 2. The number of rotatable bonds is 7. The smallest absolute Gasteiger partial charge is 0.227 e. The molecule has 3 heterocycles. The number of likely N-dealkylation sites (tertiary alicyclic amines) is 1. The summed E-state index contributed by atoms with van der Waals surface area (Å²) in [6.45, 7) is 1.57. The van der Waals surface area contributed by atoms with Crippen molar-refractivity contribution in [2.24, 2.45) is 11.7 Å². The summed E-state index contributed by atoms with van der Waals surface area (Å²) in [4.78, 5) is 30.1. The van der Waals surface area contributed by atoms with E-state index in [-0.39, 0.29) is 36.8 Å². The summed E-state index contributed by atoms with van der Waals surface area (Å²) in [5, 5.41) is 7.35. The Labute approximate surface area is 260 Å². The molecular formula is C31H44Cl2N8O. The lowest BCUT2D eigenvalue weighted by Crippen LogP contribution is -2.43. The zero-order valence-electron chi connectivity index (χ0n) is 24.2. The van der Waals surface area contributed by atoms with Gasteiger partial charge in [-0.1, -0.05) is 43.2 Å². The quantitative estimate of drug-likeness (QED) is 0.314. The molecule has 2 atom stereocenters. The molecule has 1 amide bonds. The van der Waals surface area contributed by atoms with E-state index in [2.05, 4.69) is 44.4 Å². The minimum absolute atomic E-state index is 0. The number of imidazole rings is 1. The van der Waals surface area contributed by atoms with Gasteiger partial charge in [0.2, 0.25) is 11.9 Å².